The third-order valence-corrected chi connectivity index (χ3v) is 3.07. The third kappa shape index (κ3) is 4.09. The van der Waals surface area contributed by atoms with Crippen LogP contribution in [0.2, 0.25) is 0 Å². The number of hydrogen-bond acceptors (Lipinski definition) is 2. The lowest BCUT2D eigenvalue weighted by molar-refractivity contribution is -0.137. The van der Waals surface area contributed by atoms with Crippen molar-refractivity contribution >= 4 is 5.97 Å². The molecular weight excluding hydrogens is 178 g/mol. The van der Waals surface area contributed by atoms with E-state index in [0.29, 0.717) is 11.8 Å². The minimum atomic E-state index is -0.678. The zero-order valence-corrected chi connectivity index (χ0v) is 9.25. The molecule has 1 aliphatic rings. The molecule has 3 nitrogen and oxygen atoms in total. The minimum absolute atomic E-state index is 0.305. The van der Waals surface area contributed by atoms with E-state index < -0.39 is 5.97 Å². The predicted octanol–water partition coefficient (Wildman–Crippen LogP) is 1.97. The van der Waals surface area contributed by atoms with Crippen LogP contribution in [0.1, 0.15) is 39.5 Å². The number of rotatable bonds is 4. The molecule has 1 aliphatic heterocycles. The van der Waals surface area contributed by atoms with E-state index in [1.54, 1.807) is 0 Å². The van der Waals surface area contributed by atoms with E-state index in [2.05, 4.69) is 18.7 Å². The number of piperidine rings is 1. The van der Waals surface area contributed by atoms with Crippen molar-refractivity contribution in [1.29, 1.82) is 0 Å². The highest BCUT2D eigenvalue weighted by molar-refractivity contribution is 5.66. The van der Waals surface area contributed by atoms with Crippen molar-refractivity contribution in [3.8, 4) is 0 Å². The molecule has 82 valence electrons. The molecule has 3 heteroatoms. The molecule has 1 saturated heterocycles. The third-order valence-electron chi connectivity index (χ3n) is 3.07. The first-order valence-corrected chi connectivity index (χ1v) is 5.44. The summed E-state index contributed by atoms with van der Waals surface area (Å²) in [6, 6.07) is 0. The van der Waals surface area contributed by atoms with Crippen LogP contribution >= 0.6 is 0 Å². The van der Waals surface area contributed by atoms with Crippen LogP contribution in [0, 0.1) is 5.41 Å². The molecule has 0 atom stereocenters. The standard InChI is InChI=1S/C11H21NO2/c1-11(2)5-8-12(9-6-11)7-3-4-10(13)14/h3-9H2,1-2H3,(H,13,14). The summed E-state index contributed by atoms with van der Waals surface area (Å²) in [6.07, 6.45) is 3.57. The van der Waals surface area contributed by atoms with Gasteiger partial charge in [0, 0.05) is 6.42 Å². The van der Waals surface area contributed by atoms with Crippen LogP contribution in [-0.2, 0) is 4.79 Å². The lowest BCUT2D eigenvalue weighted by Crippen LogP contribution is -2.37. The quantitative estimate of drug-likeness (QED) is 0.752. The van der Waals surface area contributed by atoms with Gasteiger partial charge in [-0.3, -0.25) is 4.79 Å². The van der Waals surface area contributed by atoms with E-state index in [1.165, 1.54) is 12.8 Å². The molecule has 0 aromatic carbocycles. The number of carboxylic acid groups (broad SMARTS) is 1. The van der Waals surface area contributed by atoms with Gasteiger partial charge < -0.3 is 10.0 Å². The average Bonchev–Trinajstić information content (AvgIpc) is 2.07. The van der Waals surface area contributed by atoms with E-state index in [1.807, 2.05) is 0 Å². The molecule has 14 heavy (non-hydrogen) atoms. The van der Waals surface area contributed by atoms with Gasteiger partial charge in [-0.1, -0.05) is 13.8 Å². The van der Waals surface area contributed by atoms with Crippen LogP contribution in [0.15, 0.2) is 0 Å². The van der Waals surface area contributed by atoms with Gasteiger partial charge in [-0.25, -0.2) is 0 Å². The zero-order valence-electron chi connectivity index (χ0n) is 9.25. The fourth-order valence-corrected chi connectivity index (χ4v) is 1.84. The molecule has 0 aromatic rings. The van der Waals surface area contributed by atoms with Gasteiger partial charge >= 0.3 is 5.97 Å². The Hall–Kier alpha value is -0.570. The summed E-state index contributed by atoms with van der Waals surface area (Å²) in [5, 5.41) is 8.51. The Morgan fingerprint density at radius 1 is 1.36 bits per heavy atom. The largest absolute Gasteiger partial charge is 0.481 e. The van der Waals surface area contributed by atoms with Gasteiger partial charge in [-0.2, -0.15) is 0 Å². The Bertz CT molecular complexity index is 191. The van der Waals surface area contributed by atoms with Crippen LogP contribution in [0.4, 0.5) is 0 Å². The van der Waals surface area contributed by atoms with Gasteiger partial charge in [0.1, 0.15) is 0 Å². The Morgan fingerprint density at radius 2 is 1.93 bits per heavy atom. The number of carboxylic acids is 1. The molecule has 1 heterocycles. The zero-order chi connectivity index (χ0) is 10.6. The van der Waals surface area contributed by atoms with Gasteiger partial charge in [0.2, 0.25) is 0 Å². The first-order chi connectivity index (χ1) is 6.49. The number of aliphatic carboxylic acids is 1. The van der Waals surface area contributed by atoms with Crippen molar-refractivity contribution in [2.24, 2.45) is 5.41 Å². The van der Waals surface area contributed by atoms with Crippen LogP contribution in [0.5, 0.6) is 0 Å². The second-order valence-corrected chi connectivity index (χ2v) is 5.00. The molecule has 0 aromatic heterocycles. The van der Waals surface area contributed by atoms with Gasteiger partial charge in [0.15, 0.2) is 0 Å². The molecule has 0 saturated carbocycles. The maximum absolute atomic E-state index is 10.3. The monoisotopic (exact) mass is 199 g/mol. The molecule has 0 radical (unpaired) electrons. The molecule has 0 aliphatic carbocycles. The topological polar surface area (TPSA) is 40.5 Å². The lowest BCUT2D eigenvalue weighted by Gasteiger charge is -2.36. The van der Waals surface area contributed by atoms with Crippen molar-refractivity contribution < 1.29 is 9.90 Å². The minimum Gasteiger partial charge on any atom is -0.481 e. The maximum Gasteiger partial charge on any atom is 0.303 e. The summed E-state index contributed by atoms with van der Waals surface area (Å²) in [5.74, 6) is -0.678. The molecule has 0 unspecified atom stereocenters. The first kappa shape index (κ1) is 11.5. The second kappa shape index (κ2) is 4.78. The average molecular weight is 199 g/mol. The van der Waals surface area contributed by atoms with E-state index in [-0.39, 0.29) is 0 Å². The van der Waals surface area contributed by atoms with Gasteiger partial charge in [-0.15, -0.1) is 0 Å². The van der Waals surface area contributed by atoms with Crippen LogP contribution in [-0.4, -0.2) is 35.6 Å². The van der Waals surface area contributed by atoms with Crippen LogP contribution < -0.4 is 0 Å². The van der Waals surface area contributed by atoms with Gasteiger partial charge in [-0.05, 0) is 44.3 Å². The SMILES string of the molecule is CC1(C)CCN(CCCC(=O)O)CC1. The molecule has 1 rings (SSSR count). The van der Waals surface area contributed by atoms with Gasteiger partial charge in [0.05, 0.1) is 0 Å². The fourth-order valence-electron chi connectivity index (χ4n) is 1.84. The van der Waals surface area contributed by atoms with Crippen molar-refractivity contribution in [1.82, 2.24) is 4.90 Å². The van der Waals surface area contributed by atoms with Crippen molar-refractivity contribution in [2.75, 3.05) is 19.6 Å². The summed E-state index contributed by atoms with van der Waals surface area (Å²) in [5.41, 5.74) is 0.489. The van der Waals surface area contributed by atoms with Crippen molar-refractivity contribution in [2.45, 2.75) is 39.5 Å². The summed E-state index contributed by atoms with van der Waals surface area (Å²) in [4.78, 5) is 12.7. The van der Waals surface area contributed by atoms with Crippen LogP contribution in [0.3, 0.4) is 0 Å². The lowest BCUT2D eigenvalue weighted by atomic mass is 9.82. The number of hydrogen-bond donors (Lipinski definition) is 1. The predicted molar refractivity (Wildman–Crippen MR) is 56.3 cm³/mol. The molecule has 1 N–H and O–H groups in total. The molecule has 0 bridgehead atoms. The molecule has 0 amide bonds. The Labute approximate surface area is 86.1 Å². The fraction of sp³-hybridized carbons (Fsp3) is 0.909. The highest BCUT2D eigenvalue weighted by Crippen LogP contribution is 2.29. The summed E-state index contributed by atoms with van der Waals surface area (Å²) < 4.78 is 0. The van der Waals surface area contributed by atoms with Crippen LogP contribution in [0.25, 0.3) is 0 Å². The van der Waals surface area contributed by atoms with Gasteiger partial charge in [0.25, 0.3) is 0 Å². The van der Waals surface area contributed by atoms with E-state index in [0.717, 1.165) is 26.1 Å². The van der Waals surface area contributed by atoms with E-state index in [9.17, 15) is 4.79 Å². The molecular formula is C11H21NO2. The Kier molecular flexibility index (Phi) is 3.93. The highest BCUT2D eigenvalue weighted by Gasteiger charge is 2.24. The van der Waals surface area contributed by atoms with Crippen molar-refractivity contribution in [3.05, 3.63) is 0 Å². The van der Waals surface area contributed by atoms with Crippen molar-refractivity contribution in [3.63, 3.8) is 0 Å². The Balaban J connectivity index is 2.13. The molecule has 0 spiro atoms. The second-order valence-electron chi connectivity index (χ2n) is 5.00. The highest BCUT2D eigenvalue weighted by atomic mass is 16.4. The Morgan fingerprint density at radius 3 is 2.43 bits per heavy atom. The first-order valence-electron chi connectivity index (χ1n) is 5.44. The van der Waals surface area contributed by atoms with E-state index in [4.69, 9.17) is 5.11 Å². The maximum atomic E-state index is 10.3. The number of nitrogens with zero attached hydrogens (tertiary/aromatic N) is 1. The summed E-state index contributed by atoms with van der Waals surface area (Å²) >= 11 is 0. The smallest absolute Gasteiger partial charge is 0.303 e. The normalized spacial score (nSPS) is 22.1. The molecule has 1 fully saturated rings. The number of likely N-dealkylation sites (tertiary alicyclic amines) is 1. The number of carbonyl (C=O) groups is 1. The summed E-state index contributed by atoms with van der Waals surface area (Å²) in [7, 11) is 0. The van der Waals surface area contributed by atoms with E-state index >= 15 is 0 Å². The summed E-state index contributed by atoms with van der Waals surface area (Å²) in [6.45, 7) is 7.82.